The molecular weight excluding hydrogens is 499 g/mol. The number of H-pyrrole nitrogens is 1. The highest BCUT2D eigenvalue weighted by Gasteiger charge is 2.26. The number of nitrogens with one attached hydrogen (secondary N) is 3. The molecule has 3 rings (SSSR count). The predicted molar refractivity (Wildman–Crippen MR) is 139 cm³/mol. The minimum absolute atomic E-state index is 0.00634. The van der Waals surface area contributed by atoms with Crippen LogP contribution in [-0.2, 0) is 19.1 Å². The number of anilines is 1. The normalized spacial score (nSPS) is 13.9. The van der Waals surface area contributed by atoms with Gasteiger partial charge in [-0.25, -0.2) is 4.39 Å². The van der Waals surface area contributed by atoms with Crippen molar-refractivity contribution in [1.29, 1.82) is 0 Å². The molecule has 0 radical (unpaired) electrons. The Morgan fingerprint density at radius 3 is 2.53 bits per heavy atom. The van der Waals surface area contributed by atoms with Gasteiger partial charge in [0.25, 0.3) is 18.3 Å². The molecule has 0 spiro atoms. The fourth-order valence-electron chi connectivity index (χ4n) is 3.92. The SMILES string of the molecule is CCN(CC)CCNC(=O)c1c(C)[nH]c(/C=C2\C(=O)Nc3ccc(F)cc32)c1C.O=COC(O)CC(=O)O. The van der Waals surface area contributed by atoms with Crippen molar-refractivity contribution >= 4 is 41.6 Å². The average molecular weight is 533 g/mol. The van der Waals surface area contributed by atoms with Crippen LogP contribution >= 0.6 is 0 Å². The van der Waals surface area contributed by atoms with Gasteiger partial charge in [-0.05, 0) is 56.8 Å². The smallest absolute Gasteiger partial charge is 0.309 e. The van der Waals surface area contributed by atoms with Gasteiger partial charge in [0, 0.05) is 35.7 Å². The van der Waals surface area contributed by atoms with Crippen molar-refractivity contribution in [3.63, 3.8) is 0 Å². The molecule has 2 amide bonds. The van der Waals surface area contributed by atoms with E-state index >= 15 is 0 Å². The predicted octanol–water partition coefficient (Wildman–Crippen LogP) is 2.29. The van der Waals surface area contributed by atoms with Gasteiger partial charge in [-0.15, -0.1) is 0 Å². The van der Waals surface area contributed by atoms with E-state index in [1.165, 1.54) is 12.1 Å². The Morgan fingerprint density at radius 2 is 1.92 bits per heavy atom. The number of aliphatic carboxylic acids is 1. The second-order valence-corrected chi connectivity index (χ2v) is 8.43. The first-order valence-electron chi connectivity index (χ1n) is 12.0. The molecule has 0 saturated carbocycles. The van der Waals surface area contributed by atoms with Crippen molar-refractivity contribution in [1.82, 2.24) is 15.2 Å². The van der Waals surface area contributed by atoms with E-state index in [9.17, 15) is 23.6 Å². The quantitative estimate of drug-likeness (QED) is 0.167. The maximum absolute atomic E-state index is 13.7. The van der Waals surface area contributed by atoms with E-state index in [-0.39, 0.29) is 18.3 Å². The molecule has 1 atom stereocenters. The number of amides is 2. The highest BCUT2D eigenvalue weighted by Crippen LogP contribution is 2.34. The molecule has 0 aliphatic carbocycles. The second-order valence-electron chi connectivity index (χ2n) is 8.43. The van der Waals surface area contributed by atoms with Crippen LogP contribution in [0.25, 0.3) is 11.6 Å². The summed E-state index contributed by atoms with van der Waals surface area (Å²) in [5.74, 6) is -2.05. The van der Waals surface area contributed by atoms with Crippen molar-refractivity contribution in [3.05, 3.63) is 52.1 Å². The van der Waals surface area contributed by atoms with Crippen LogP contribution in [0.1, 0.15) is 53.1 Å². The zero-order valence-electron chi connectivity index (χ0n) is 21.8. The Kier molecular flexibility index (Phi) is 11.2. The van der Waals surface area contributed by atoms with Gasteiger partial charge >= 0.3 is 5.97 Å². The van der Waals surface area contributed by atoms with Crippen LogP contribution in [0.2, 0.25) is 0 Å². The maximum atomic E-state index is 13.7. The highest BCUT2D eigenvalue weighted by atomic mass is 19.1. The van der Waals surface area contributed by atoms with Crippen LogP contribution in [0.3, 0.4) is 0 Å². The summed E-state index contributed by atoms with van der Waals surface area (Å²) in [7, 11) is 0. The number of hydrogen-bond donors (Lipinski definition) is 5. The monoisotopic (exact) mass is 532 g/mol. The average Bonchev–Trinajstić information content (AvgIpc) is 3.31. The lowest BCUT2D eigenvalue weighted by Crippen LogP contribution is -2.35. The number of fused-ring (bicyclic) bond motifs is 1. The molecule has 1 aromatic heterocycles. The van der Waals surface area contributed by atoms with Gasteiger partial charge in [0.1, 0.15) is 12.2 Å². The Hall–Kier alpha value is -4.03. The molecular formula is C26H33FN4O7. The summed E-state index contributed by atoms with van der Waals surface area (Å²) in [4.78, 5) is 49.6. The Bertz CT molecular complexity index is 1200. The van der Waals surface area contributed by atoms with E-state index < -0.39 is 24.5 Å². The second kappa shape index (κ2) is 14.1. The lowest BCUT2D eigenvalue weighted by atomic mass is 10.0. The van der Waals surface area contributed by atoms with Gasteiger partial charge in [0.2, 0.25) is 6.29 Å². The van der Waals surface area contributed by atoms with E-state index in [0.717, 1.165) is 30.9 Å². The van der Waals surface area contributed by atoms with E-state index in [4.69, 9.17) is 10.2 Å². The summed E-state index contributed by atoms with van der Waals surface area (Å²) in [6.45, 7) is 11.1. The number of ether oxygens (including phenoxy) is 1. The number of benzene rings is 1. The number of aliphatic hydroxyl groups is 1. The third kappa shape index (κ3) is 7.98. The molecule has 1 unspecified atom stereocenters. The van der Waals surface area contributed by atoms with Gasteiger partial charge in [-0.3, -0.25) is 19.2 Å². The molecule has 12 heteroatoms. The van der Waals surface area contributed by atoms with Gasteiger partial charge < -0.3 is 35.5 Å². The molecule has 0 bridgehead atoms. The number of carbonyl (C=O) groups is 4. The summed E-state index contributed by atoms with van der Waals surface area (Å²) in [5, 5.41) is 22.0. The molecule has 38 heavy (non-hydrogen) atoms. The molecule has 0 saturated heterocycles. The van der Waals surface area contributed by atoms with Crippen LogP contribution in [0.5, 0.6) is 0 Å². The minimum atomic E-state index is -1.53. The van der Waals surface area contributed by atoms with E-state index in [1.807, 2.05) is 13.8 Å². The molecule has 11 nitrogen and oxygen atoms in total. The number of likely N-dealkylation sites (N-methyl/N-ethyl adjacent to an activating group) is 1. The fraction of sp³-hybridized carbons (Fsp3) is 0.385. The number of carboxylic acids is 1. The van der Waals surface area contributed by atoms with Crippen LogP contribution < -0.4 is 10.6 Å². The third-order valence-electron chi connectivity index (χ3n) is 5.93. The number of carboxylic acid groups (broad SMARTS) is 1. The molecule has 1 aromatic carbocycles. The number of aromatic amines is 1. The summed E-state index contributed by atoms with van der Waals surface area (Å²) >= 11 is 0. The third-order valence-corrected chi connectivity index (χ3v) is 5.93. The van der Waals surface area contributed by atoms with Crippen LogP contribution in [0.4, 0.5) is 10.1 Å². The van der Waals surface area contributed by atoms with Crippen molar-refractivity contribution in [2.24, 2.45) is 0 Å². The van der Waals surface area contributed by atoms with Crippen molar-refractivity contribution in [3.8, 4) is 0 Å². The van der Waals surface area contributed by atoms with Crippen molar-refractivity contribution in [2.45, 2.75) is 40.4 Å². The van der Waals surface area contributed by atoms with E-state index in [1.54, 1.807) is 12.1 Å². The van der Waals surface area contributed by atoms with Gasteiger partial charge in [0.15, 0.2) is 0 Å². The number of hydrogen-bond acceptors (Lipinski definition) is 7. The number of nitrogens with zero attached hydrogens (tertiary/aromatic N) is 1. The molecule has 0 fully saturated rings. The topological polar surface area (TPSA) is 161 Å². The first-order chi connectivity index (χ1) is 18.0. The van der Waals surface area contributed by atoms with E-state index in [0.29, 0.717) is 34.6 Å². The first-order valence-corrected chi connectivity index (χ1v) is 12.0. The summed E-state index contributed by atoms with van der Waals surface area (Å²) in [6, 6.07) is 4.20. The number of halogens is 1. The summed E-state index contributed by atoms with van der Waals surface area (Å²) in [5.41, 5.74) is 4.20. The Labute approximate surface area is 219 Å². The zero-order valence-corrected chi connectivity index (χ0v) is 21.8. The molecule has 1 aliphatic rings. The zero-order chi connectivity index (χ0) is 28.4. The number of aromatic nitrogens is 1. The Balaban J connectivity index is 0.000000484. The lowest BCUT2D eigenvalue weighted by molar-refractivity contribution is -0.160. The number of aryl methyl sites for hydroxylation is 1. The van der Waals surface area contributed by atoms with Gasteiger partial charge in [-0.1, -0.05) is 13.8 Å². The molecule has 5 N–H and O–H groups in total. The highest BCUT2D eigenvalue weighted by molar-refractivity contribution is 6.34. The number of aliphatic hydroxyl groups excluding tert-OH is 1. The van der Waals surface area contributed by atoms with Crippen molar-refractivity contribution in [2.75, 3.05) is 31.5 Å². The molecule has 2 aromatic rings. The van der Waals surface area contributed by atoms with Gasteiger partial charge in [0.05, 0.1) is 11.1 Å². The number of carbonyl (C=O) groups excluding carboxylic acids is 3. The van der Waals surface area contributed by atoms with Crippen molar-refractivity contribution < 1.29 is 38.5 Å². The van der Waals surface area contributed by atoms with Crippen LogP contribution in [0, 0.1) is 19.7 Å². The molecule has 206 valence electrons. The lowest BCUT2D eigenvalue weighted by Gasteiger charge is -2.18. The standard InChI is InChI=1S/C22H27FN4O2.C4H6O5/c1-5-27(6-2)10-9-24-22(29)20-13(3)19(25-14(20)4)12-17-16-11-15(23)7-8-18(16)26-21(17)28;5-2-9-4(8)1-3(6)7/h7-8,11-12,25H,5-6,9-10H2,1-4H3,(H,24,29)(H,26,28);2,4,8H,1H2,(H,6,7)/b17-12-;. The summed E-state index contributed by atoms with van der Waals surface area (Å²) in [6.07, 6.45) is -0.436. The van der Waals surface area contributed by atoms with Crippen LogP contribution in [-0.4, -0.2) is 76.8 Å². The molecule has 2 heterocycles. The van der Waals surface area contributed by atoms with E-state index in [2.05, 4.69) is 39.1 Å². The Morgan fingerprint density at radius 1 is 1.24 bits per heavy atom. The maximum Gasteiger partial charge on any atom is 0.309 e. The molecule has 1 aliphatic heterocycles. The largest absolute Gasteiger partial charge is 0.481 e. The number of rotatable bonds is 11. The minimum Gasteiger partial charge on any atom is -0.481 e. The van der Waals surface area contributed by atoms with Crippen LogP contribution in [0.15, 0.2) is 18.2 Å². The van der Waals surface area contributed by atoms with Gasteiger partial charge in [-0.2, -0.15) is 0 Å². The summed E-state index contributed by atoms with van der Waals surface area (Å²) < 4.78 is 17.5. The first kappa shape index (κ1) is 30.2. The fourth-order valence-corrected chi connectivity index (χ4v) is 3.92.